The van der Waals surface area contributed by atoms with E-state index in [9.17, 15) is 29.1 Å². The molecule has 3 atom stereocenters. The molecule has 2 heterocycles. The van der Waals surface area contributed by atoms with Crippen molar-refractivity contribution in [3.63, 3.8) is 0 Å². The maximum Gasteiger partial charge on any atom is 0.404 e. The lowest BCUT2D eigenvalue weighted by Crippen LogP contribution is -2.80. The second-order valence-electron chi connectivity index (χ2n) is 6.53. The van der Waals surface area contributed by atoms with Gasteiger partial charge in [-0.25, -0.2) is 9.59 Å². The minimum absolute atomic E-state index is 0.0656. The van der Waals surface area contributed by atoms with Crippen LogP contribution in [0.5, 0.6) is 0 Å². The Balaban J connectivity index is 2.11. The zero-order valence-electron chi connectivity index (χ0n) is 16.0. The molecule has 14 heteroatoms. The number of nitrogens with one attached hydrogen (secondary N) is 1. The van der Waals surface area contributed by atoms with Gasteiger partial charge in [0, 0.05) is 24.9 Å². The average Bonchev–Trinajstić information content (AvgIpc) is 2.68. The number of thioether (sulfide) groups is 1. The molecule has 0 aromatic carbocycles. The first-order chi connectivity index (χ1) is 14.0. The summed E-state index contributed by atoms with van der Waals surface area (Å²) in [6.07, 6.45) is -0.953. The van der Waals surface area contributed by atoms with E-state index in [4.69, 9.17) is 21.3 Å². The molecule has 30 heavy (non-hydrogen) atoms. The molecule has 0 bridgehead atoms. The van der Waals surface area contributed by atoms with Gasteiger partial charge in [-0.05, 0) is 12.8 Å². The van der Waals surface area contributed by atoms with Gasteiger partial charge in [-0.3, -0.25) is 19.3 Å². The number of carbonyl (C=O) groups excluding carboxylic acids is 3. The first-order valence-electron chi connectivity index (χ1n) is 8.72. The number of aliphatic carboxylic acids is 2. The van der Waals surface area contributed by atoms with Gasteiger partial charge >= 0.3 is 18.0 Å². The SMILES string of the molecule is CO[C@@]1(NC(=O)CCCC(N)C(=O)O)C(=O)N2C(C(=O)O)=C(COC(N)=O)CS[C@H]21. The number of ether oxygens (including phenoxy) is 2. The molecule has 2 aliphatic heterocycles. The van der Waals surface area contributed by atoms with Crippen LogP contribution in [-0.4, -0.2) is 81.6 Å². The van der Waals surface area contributed by atoms with Gasteiger partial charge in [0.05, 0.1) is 0 Å². The van der Waals surface area contributed by atoms with Crippen molar-refractivity contribution >= 4 is 41.6 Å². The molecule has 2 rings (SSSR count). The highest BCUT2D eigenvalue weighted by Crippen LogP contribution is 2.46. The number of hydrogen-bond acceptors (Lipinski definition) is 9. The number of rotatable bonds is 10. The smallest absolute Gasteiger partial charge is 0.404 e. The van der Waals surface area contributed by atoms with Crippen molar-refractivity contribution in [2.24, 2.45) is 11.5 Å². The van der Waals surface area contributed by atoms with Crippen molar-refractivity contribution in [2.45, 2.75) is 36.4 Å². The van der Waals surface area contributed by atoms with E-state index in [1.807, 2.05) is 0 Å². The molecule has 0 aromatic heterocycles. The number of methoxy groups -OCH3 is 1. The number of carbonyl (C=O) groups is 5. The maximum atomic E-state index is 12.8. The lowest BCUT2D eigenvalue weighted by molar-refractivity contribution is -0.192. The molecular formula is C16H22N4O9S. The highest BCUT2D eigenvalue weighted by molar-refractivity contribution is 8.00. The summed E-state index contributed by atoms with van der Waals surface area (Å²) in [7, 11) is 1.20. The second kappa shape index (κ2) is 9.32. The predicted molar refractivity (Wildman–Crippen MR) is 101 cm³/mol. The summed E-state index contributed by atoms with van der Waals surface area (Å²) in [5.41, 5.74) is 8.33. The van der Waals surface area contributed by atoms with Gasteiger partial charge in [-0.2, -0.15) is 0 Å². The van der Waals surface area contributed by atoms with E-state index in [2.05, 4.69) is 10.1 Å². The Bertz CT molecular complexity index is 802. The number of carboxylic acid groups (broad SMARTS) is 2. The van der Waals surface area contributed by atoms with Crippen LogP contribution in [-0.2, 0) is 28.7 Å². The van der Waals surface area contributed by atoms with Crippen LogP contribution in [0.25, 0.3) is 0 Å². The zero-order valence-corrected chi connectivity index (χ0v) is 16.8. The number of nitrogens with zero attached hydrogens (tertiary/aromatic N) is 1. The monoisotopic (exact) mass is 446 g/mol. The van der Waals surface area contributed by atoms with E-state index < -0.39 is 53.6 Å². The van der Waals surface area contributed by atoms with Gasteiger partial charge in [0.25, 0.3) is 11.6 Å². The number of fused-ring (bicyclic) bond motifs is 1. The number of nitrogens with two attached hydrogens (primary N) is 2. The Morgan fingerprint density at radius 2 is 2.03 bits per heavy atom. The van der Waals surface area contributed by atoms with Crippen molar-refractivity contribution in [1.82, 2.24) is 10.2 Å². The summed E-state index contributed by atoms with van der Waals surface area (Å²) >= 11 is 1.12. The number of hydrogen-bond donors (Lipinski definition) is 5. The van der Waals surface area contributed by atoms with E-state index in [-0.39, 0.29) is 36.3 Å². The Morgan fingerprint density at radius 1 is 1.37 bits per heavy atom. The Morgan fingerprint density at radius 3 is 2.57 bits per heavy atom. The van der Waals surface area contributed by atoms with Gasteiger partial charge < -0.3 is 36.5 Å². The number of amides is 3. The third-order valence-corrected chi connectivity index (χ3v) is 5.96. The van der Waals surface area contributed by atoms with Crippen LogP contribution in [0.3, 0.4) is 0 Å². The normalized spacial score (nSPS) is 23.9. The quantitative estimate of drug-likeness (QED) is 0.190. The average molecular weight is 446 g/mol. The van der Waals surface area contributed by atoms with Crippen LogP contribution >= 0.6 is 11.8 Å². The predicted octanol–water partition coefficient (Wildman–Crippen LogP) is -1.62. The van der Waals surface area contributed by atoms with Crippen LogP contribution in [0.1, 0.15) is 19.3 Å². The topological polar surface area (TPSA) is 212 Å². The number of β-lactam (4-membered cyclic amide) rings is 1. The molecule has 0 radical (unpaired) electrons. The molecule has 0 aromatic rings. The molecule has 1 unspecified atom stereocenters. The fourth-order valence-corrected chi connectivity index (χ4v) is 4.51. The summed E-state index contributed by atoms with van der Waals surface area (Å²) in [6.45, 7) is -0.392. The molecule has 0 spiro atoms. The fourth-order valence-electron chi connectivity index (χ4n) is 3.09. The largest absolute Gasteiger partial charge is 0.480 e. The first-order valence-corrected chi connectivity index (χ1v) is 9.77. The molecule has 0 saturated carbocycles. The minimum Gasteiger partial charge on any atom is -0.480 e. The van der Waals surface area contributed by atoms with Crippen LogP contribution in [0.2, 0.25) is 0 Å². The van der Waals surface area contributed by atoms with Crippen LogP contribution < -0.4 is 16.8 Å². The van der Waals surface area contributed by atoms with Crippen LogP contribution in [0.15, 0.2) is 11.3 Å². The summed E-state index contributed by atoms with van der Waals surface area (Å²) in [5, 5.41) is 19.9. The van der Waals surface area contributed by atoms with Gasteiger partial charge in [-0.1, -0.05) is 0 Å². The van der Waals surface area contributed by atoms with Crippen molar-refractivity contribution in [3.05, 3.63) is 11.3 Å². The minimum atomic E-state index is -1.77. The summed E-state index contributed by atoms with van der Waals surface area (Å²) in [6, 6.07) is -1.10. The Hall–Kier alpha value is -2.84. The fraction of sp³-hybridized carbons (Fsp3) is 0.562. The Kier molecular flexibility index (Phi) is 7.28. The van der Waals surface area contributed by atoms with Crippen LogP contribution in [0.4, 0.5) is 4.79 Å². The van der Waals surface area contributed by atoms with Gasteiger partial charge in [0.1, 0.15) is 23.7 Å². The summed E-state index contributed by atoms with van der Waals surface area (Å²) < 4.78 is 9.91. The molecule has 1 saturated heterocycles. The highest BCUT2D eigenvalue weighted by Gasteiger charge is 2.66. The van der Waals surface area contributed by atoms with Crippen molar-refractivity contribution in [1.29, 1.82) is 0 Å². The highest BCUT2D eigenvalue weighted by atomic mass is 32.2. The first kappa shape index (κ1) is 23.4. The zero-order chi connectivity index (χ0) is 22.6. The van der Waals surface area contributed by atoms with Crippen LogP contribution in [0, 0.1) is 0 Å². The standard InChI is InChI=1S/C16H22N4O9S/c1-28-16(19-9(21)4-2-3-8(17)11(22)23)13(26)20-10(12(24)25)7(5-29-15(18)27)6-30-14(16)20/h8,14H,2-6,17H2,1H3,(H2,18,27)(H,19,21)(H,22,23)(H,24,25)/t8?,14-,16-/m0/s1. The van der Waals surface area contributed by atoms with E-state index in [1.165, 1.54) is 7.11 Å². The van der Waals surface area contributed by atoms with E-state index in [1.54, 1.807) is 0 Å². The third-order valence-electron chi connectivity index (χ3n) is 4.58. The van der Waals surface area contributed by atoms with Gasteiger partial charge in [0.15, 0.2) is 0 Å². The summed E-state index contributed by atoms with van der Waals surface area (Å²) in [4.78, 5) is 59.3. The van der Waals surface area contributed by atoms with Crippen molar-refractivity contribution in [3.8, 4) is 0 Å². The van der Waals surface area contributed by atoms with Gasteiger partial charge in [0.2, 0.25) is 5.91 Å². The molecule has 13 nitrogen and oxygen atoms in total. The summed E-state index contributed by atoms with van der Waals surface area (Å²) in [5.74, 6) is -3.87. The molecule has 0 aliphatic carbocycles. The van der Waals surface area contributed by atoms with E-state index in [0.29, 0.717) is 0 Å². The second-order valence-corrected chi connectivity index (χ2v) is 7.60. The lowest BCUT2D eigenvalue weighted by atomic mass is 9.97. The molecule has 2 aliphatic rings. The Labute approximate surface area is 174 Å². The van der Waals surface area contributed by atoms with Gasteiger partial charge in [-0.15, -0.1) is 11.8 Å². The van der Waals surface area contributed by atoms with Crippen molar-refractivity contribution < 1.29 is 43.7 Å². The maximum absolute atomic E-state index is 12.8. The molecular weight excluding hydrogens is 424 g/mol. The van der Waals surface area contributed by atoms with E-state index >= 15 is 0 Å². The van der Waals surface area contributed by atoms with E-state index in [0.717, 1.165) is 16.7 Å². The lowest BCUT2D eigenvalue weighted by Gasteiger charge is -2.55. The molecule has 3 amide bonds. The third kappa shape index (κ3) is 4.49. The molecule has 1 fully saturated rings. The molecule has 166 valence electrons. The molecule has 7 N–H and O–H groups in total. The van der Waals surface area contributed by atoms with Crippen molar-refractivity contribution in [2.75, 3.05) is 19.5 Å². The number of primary amides is 1. The number of carboxylic acids is 2.